The molecule has 31 heavy (non-hydrogen) atoms. The van der Waals surface area contributed by atoms with Crippen molar-refractivity contribution in [3.63, 3.8) is 0 Å². The summed E-state index contributed by atoms with van der Waals surface area (Å²) in [5, 5.41) is 13.1. The third-order valence-corrected chi connectivity index (χ3v) is 5.58. The first kappa shape index (κ1) is 19.8. The third-order valence-electron chi connectivity index (χ3n) is 5.58. The Morgan fingerprint density at radius 1 is 1.19 bits per heavy atom. The Balaban J connectivity index is 1.28. The summed E-state index contributed by atoms with van der Waals surface area (Å²) in [4.78, 5) is 20.6. The molecular formula is C21H27N7O3. The Morgan fingerprint density at radius 2 is 1.97 bits per heavy atom. The molecule has 0 aliphatic carbocycles. The number of anilines is 1. The molecule has 10 heteroatoms. The molecule has 2 aliphatic rings. The van der Waals surface area contributed by atoms with Crippen LogP contribution in [0.2, 0.25) is 0 Å². The number of carbonyl (C=O) groups is 1. The summed E-state index contributed by atoms with van der Waals surface area (Å²) in [7, 11) is 0. The molecule has 0 saturated carbocycles. The summed E-state index contributed by atoms with van der Waals surface area (Å²) in [6, 6.07) is 6.44. The van der Waals surface area contributed by atoms with E-state index in [0.717, 1.165) is 29.6 Å². The first-order valence-corrected chi connectivity index (χ1v) is 10.6. The van der Waals surface area contributed by atoms with Crippen LogP contribution in [0.25, 0.3) is 22.4 Å². The van der Waals surface area contributed by atoms with Gasteiger partial charge >= 0.3 is 6.09 Å². The van der Waals surface area contributed by atoms with Gasteiger partial charge in [-0.15, -0.1) is 0 Å². The zero-order valence-electron chi connectivity index (χ0n) is 18.0. The molecule has 0 spiro atoms. The van der Waals surface area contributed by atoms with Gasteiger partial charge in [-0.05, 0) is 38.1 Å². The van der Waals surface area contributed by atoms with Crippen LogP contribution in [0.1, 0.15) is 26.8 Å². The van der Waals surface area contributed by atoms with Gasteiger partial charge in [0.15, 0.2) is 0 Å². The quantitative estimate of drug-likeness (QED) is 0.682. The van der Waals surface area contributed by atoms with Crippen LogP contribution in [-0.2, 0) is 4.74 Å². The molecule has 10 nitrogen and oxygen atoms in total. The Bertz CT molecular complexity index is 1090. The van der Waals surface area contributed by atoms with Crippen LogP contribution < -0.4 is 10.2 Å². The van der Waals surface area contributed by atoms with Crippen LogP contribution in [0.4, 0.5) is 10.7 Å². The fourth-order valence-corrected chi connectivity index (χ4v) is 3.79. The molecule has 0 radical (unpaired) electrons. The summed E-state index contributed by atoms with van der Waals surface area (Å²) in [5.74, 6) is 1.02. The van der Waals surface area contributed by atoms with Crippen molar-refractivity contribution in [1.29, 1.82) is 0 Å². The Kier molecular flexibility index (Phi) is 4.81. The van der Waals surface area contributed by atoms with Crippen molar-refractivity contribution in [3.05, 3.63) is 24.4 Å². The van der Waals surface area contributed by atoms with Gasteiger partial charge in [0.25, 0.3) is 11.8 Å². The van der Waals surface area contributed by atoms with Crippen LogP contribution in [0.5, 0.6) is 0 Å². The third kappa shape index (κ3) is 3.95. The van der Waals surface area contributed by atoms with Gasteiger partial charge in [-0.1, -0.05) is 6.07 Å². The standard InChI is InChI=1S/C21H27N7O3/c1-21(2,3)30-20(29)27-8-6-26(7-9-27)19-24-18(31-25-19)14-4-5-15-11-23-28(17(15)10-14)16-12-22-13-16/h4-5,10-11,16,22H,6-9,12-13H2,1-3H3. The van der Waals surface area contributed by atoms with Crippen molar-refractivity contribution in [2.75, 3.05) is 44.2 Å². The highest BCUT2D eigenvalue weighted by Gasteiger charge is 2.28. The number of hydrogen-bond donors (Lipinski definition) is 1. The van der Waals surface area contributed by atoms with Crippen molar-refractivity contribution in [1.82, 2.24) is 30.1 Å². The molecule has 5 rings (SSSR count). The molecule has 0 unspecified atom stereocenters. The van der Waals surface area contributed by atoms with Gasteiger partial charge in [-0.2, -0.15) is 10.1 Å². The molecular weight excluding hydrogens is 398 g/mol. The zero-order valence-corrected chi connectivity index (χ0v) is 18.0. The van der Waals surface area contributed by atoms with E-state index in [0.29, 0.717) is 44.1 Å². The van der Waals surface area contributed by atoms with E-state index in [4.69, 9.17) is 9.26 Å². The highest BCUT2D eigenvalue weighted by atomic mass is 16.6. The average molecular weight is 425 g/mol. The summed E-state index contributed by atoms with van der Waals surface area (Å²) >= 11 is 0. The molecule has 3 aromatic rings. The number of fused-ring (bicyclic) bond motifs is 1. The van der Waals surface area contributed by atoms with Crippen molar-refractivity contribution in [2.24, 2.45) is 0 Å². The number of benzene rings is 1. The molecule has 2 aromatic heterocycles. The smallest absolute Gasteiger partial charge is 0.410 e. The lowest BCUT2D eigenvalue weighted by Gasteiger charge is -2.34. The number of ether oxygens (including phenoxy) is 1. The monoisotopic (exact) mass is 425 g/mol. The molecule has 0 atom stereocenters. The predicted molar refractivity (Wildman–Crippen MR) is 115 cm³/mol. The van der Waals surface area contributed by atoms with E-state index < -0.39 is 5.60 Å². The van der Waals surface area contributed by atoms with Crippen LogP contribution in [0.3, 0.4) is 0 Å². The summed E-state index contributed by atoms with van der Waals surface area (Å²) in [5.41, 5.74) is 1.44. The minimum atomic E-state index is -0.498. The lowest BCUT2D eigenvalue weighted by molar-refractivity contribution is 0.0240. The predicted octanol–water partition coefficient (Wildman–Crippen LogP) is 2.29. The lowest BCUT2D eigenvalue weighted by Crippen LogP contribution is -2.50. The molecule has 1 amide bonds. The van der Waals surface area contributed by atoms with Crippen molar-refractivity contribution in [3.8, 4) is 11.5 Å². The molecule has 0 bridgehead atoms. The van der Waals surface area contributed by atoms with Gasteiger partial charge in [-0.25, -0.2) is 4.79 Å². The average Bonchev–Trinajstić information content (AvgIpc) is 3.33. The highest BCUT2D eigenvalue weighted by molar-refractivity contribution is 5.83. The maximum Gasteiger partial charge on any atom is 0.410 e. The number of piperazine rings is 1. The molecule has 2 fully saturated rings. The zero-order chi connectivity index (χ0) is 21.6. The fourth-order valence-electron chi connectivity index (χ4n) is 3.79. The van der Waals surface area contributed by atoms with E-state index in [1.54, 1.807) is 4.90 Å². The Hall–Kier alpha value is -3.14. The maximum atomic E-state index is 12.3. The van der Waals surface area contributed by atoms with Crippen LogP contribution in [-0.4, -0.2) is 75.8 Å². The Morgan fingerprint density at radius 3 is 2.65 bits per heavy atom. The molecule has 2 saturated heterocycles. The van der Waals surface area contributed by atoms with Crippen molar-refractivity contribution in [2.45, 2.75) is 32.4 Å². The van der Waals surface area contributed by atoms with Crippen LogP contribution >= 0.6 is 0 Å². The highest BCUT2D eigenvalue weighted by Crippen LogP contribution is 2.27. The molecule has 1 N–H and O–H groups in total. The lowest BCUT2D eigenvalue weighted by atomic mass is 10.1. The van der Waals surface area contributed by atoms with Gasteiger partial charge in [0.2, 0.25) is 0 Å². The largest absolute Gasteiger partial charge is 0.444 e. The molecule has 1 aromatic carbocycles. The number of hydrogen-bond acceptors (Lipinski definition) is 8. The second-order valence-electron chi connectivity index (χ2n) is 9.03. The minimum Gasteiger partial charge on any atom is -0.444 e. The SMILES string of the molecule is CC(C)(C)OC(=O)N1CCN(c2noc(-c3ccc4cnn(C5CNC5)c4c3)n2)CC1. The molecule has 2 aliphatic heterocycles. The van der Waals surface area contributed by atoms with E-state index in [-0.39, 0.29) is 6.09 Å². The van der Waals surface area contributed by atoms with Gasteiger partial charge in [0, 0.05) is 50.2 Å². The molecule has 164 valence electrons. The number of rotatable bonds is 3. The van der Waals surface area contributed by atoms with Gasteiger partial charge in [0.1, 0.15) is 5.60 Å². The van der Waals surface area contributed by atoms with E-state index >= 15 is 0 Å². The summed E-state index contributed by atoms with van der Waals surface area (Å²) in [6.45, 7) is 9.83. The van der Waals surface area contributed by atoms with Gasteiger partial charge < -0.3 is 24.4 Å². The van der Waals surface area contributed by atoms with Gasteiger partial charge in [-0.3, -0.25) is 4.68 Å². The van der Waals surface area contributed by atoms with Crippen LogP contribution in [0.15, 0.2) is 28.9 Å². The van der Waals surface area contributed by atoms with E-state index in [9.17, 15) is 4.79 Å². The van der Waals surface area contributed by atoms with Crippen molar-refractivity contribution < 1.29 is 14.1 Å². The normalized spacial score (nSPS) is 17.8. The maximum absolute atomic E-state index is 12.3. The van der Waals surface area contributed by atoms with Crippen molar-refractivity contribution >= 4 is 22.9 Å². The fraction of sp³-hybridized carbons (Fsp3) is 0.524. The first-order chi connectivity index (χ1) is 14.9. The Labute approximate surface area is 180 Å². The first-order valence-electron chi connectivity index (χ1n) is 10.6. The van der Waals surface area contributed by atoms with E-state index in [1.807, 2.05) is 44.0 Å². The second kappa shape index (κ2) is 7.52. The second-order valence-corrected chi connectivity index (χ2v) is 9.03. The summed E-state index contributed by atoms with van der Waals surface area (Å²) in [6.07, 6.45) is 1.61. The minimum absolute atomic E-state index is 0.285. The molecule has 4 heterocycles. The topological polar surface area (TPSA) is 102 Å². The summed E-state index contributed by atoms with van der Waals surface area (Å²) < 4.78 is 13.1. The van der Waals surface area contributed by atoms with E-state index in [2.05, 4.69) is 31.3 Å². The number of carbonyl (C=O) groups excluding carboxylic acids is 1. The number of nitrogens with zero attached hydrogens (tertiary/aromatic N) is 6. The van der Waals surface area contributed by atoms with E-state index in [1.165, 1.54) is 0 Å². The van der Waals surface area contributed by atoms with Crippen LogP contribution in [0, 0.1) is 0 Å². The number of nitrogens with one attached hydrogen (secondary N) is 1. The number of aromatic nitrogens is 4. The number of amides is 1. The van der Waals surface area contributed by atoms with Gasteiger partial charge in [0.05, 0.1) is 17.8 Å².